The van der Waals surface area contributed by atoms with Crippen molar-refractivity contribution in [1.82, 2.24) is 15.1 Å². The first-order chi connectivity index (χ1) is 10.6. The number of aromatic nitrogens is 2. The van der Waals surface area contributed by atoms with Gasteiger partial charge in [-0.15, -0.1) is 0 Å². The van der Waals surface area contributed by atoms with E-state index in [0.717, 1.165) is 36.1 Å². The molecule has 1 aromatic carbocycles. The highest BCUT2D eigenvalue weighted by Gasteiger charge is 2.15. The Morgan fingerprint density at radius 3 is 3.09 bits per heavy atom. The molecule has 1 amide bonds. The highest BCUT2D eigenvalue weighted by atomic mass is 16.1. The van der Waals surface area contributed by atoms with E-state index in [0.29, 0.717) is 18.4 Å². The highest BCUT2D eigenvalue weighted by molar-refractivity contribution is 5.93. The van der Waals surface area contributed by atoms with E-state index in [9.17, 15) is 4.79 Å². The Morgan fingerprint density at radius 1 is 1.50 bits per heavy atom. The number of benzene rings is 1. The van der Waals surface area contributed by atoms with E-state index in [1.165, 1.54) is 6.42 Å². The second-order valence-electron chi connectivity index (χ2n) is 6.42. The summed E-state index contributed by atoms with van der Waals surface area (Å²) in [7, 11) is 0. The van der Waals surface area contributed by atoms with Crippen LogP contribution in [0.25, 0.3) is 10.9 Å². The molecule has 1 unspecified atom stereocenters. The number of anilines is 1. The summed E-state index contributed by atoms with van der Waals surface area (Å²) < 4.78 is 1.95. The van der Waals surface area contributed by atoms with Crippen molar-refractivity contribution < 1.29 is 4.79 Å². The average molecular weight is 300 g/mol. The molecule has 118 valence electrons. The quantitative estimate of drug-likeness (QED) is 0.892. The van der Waals surface area contributed by atoms with E-state index in [1.807, 2.05) is 29.1 Å². The van der Waals surface area contributed by atoms with Gasteiger partial charge in [0.1, 0.15) is 0 Å². The van der Waals surface area contributed by atoms with Gasteiger partial charge in [-0.1, -0.05) is 0 Å². The van der Waals surface area contributed by atoms with Crippen molar-refractivity contribution in [2.24, 2.45) is 5.92 Å². The number of amides is 1. The predicted molar refractivity (Wildman–Crippen MR) is 89.0 cm³/mol. The minimum atomic E-state index is 0.0995. The van der Waals surface area contributed by atoms with Gasteiger partial charge in [0, 0.05) is 29.7 Å². The lowest BCUT2D eigenvalue weighted by Gasteiger charge is -2.08. The van der Waals surface area contributed by atoms with Crippen LogP contribution in [0.1, 0.15) is 39.2 Å². The molecule has 22 heavy (non-hydrogen) atoms. The SMILES string of the molecule is CC(C)n1cc2cc(NC(=O)CCC3CCNC3)ccc2n1. The summed E-state index contributed by atoms with van der Waals surface area (Å²) >= 11 is 0. The predicted octanol–water partition coefficient (Wildman–Crippen LogP) is 2.95. The van der Waals surface area contributed by atoms with E-state index >= 15 is 0 Å². The van der Waals surface area contributed by atoms with Crippen molar-refractivity contribution in [2.75, 3.05) is 18.4 Å². The molecule has 0 bridgehead atoms. The third kappa shape index (κ3) is 3.47. The van der Waals surface area contributed by atoms with E-state index in [1.54, 1.807) is 0 Å². The van der Waals surface area contributed by atoms with Crippen LogP contribution in [-0.2, 0) is 4.79 Å². The number of carbonyl (C=O) groups excluding carboxylic acids is 1. The Labute approximate surface area is 131 Å². The average Bonchev–Trinajstić information content (AvgIpc) is 3.14. The van der Waals surface area contributed by atoms with Crippen molar-refractivity contribution in [3.8, 4) is 0 Å². The Bertz CT molecular complexity index is 656. The van der Waals surface area contributed by atoms with Gasteiger partial charge in [-0.3, -0.25) is 9.48 Å². The molecule has 1 aromatic heterocycles. The maximum absolute atomic E-state index is 12.1. The van der Waals surface area contributed by atoms with E-state index < -0.39 is 0 Å². The monoisotopic (exact) mass is 300 g/mol. The zero-order valence-corrected chi connectivity index (χ0v) is 13.3. The van der Waals surface area contributed by atoms with Gasteiger partial charge < -0.3 is 10.6 Å². The molecule has 1 aliphatic rings. The van der Waals surface area contributed by atoms with Gasteiger partial charge in [-0.05, 0) is 63.9 Å². The van der Waals surface area contributed by atoms with Crippen molar-refractivity contribution >= 4 is 22.5 Å². The molecule has 1 atom stereocenters. The summed E-state index contributed by atoms with van der Waals surface area (Å²) in [5.41, 5.74) is 1.81. The van der Waals surface area contributed by atoms with Crippen LogP contribution in [0.15, 0.2) is 24.4 Å². The molecule has 1 aliphatic heterocycles. The van der Waals surface area contributed by atoms with Gasteiger partial charge in [0.25, 0.3) is 0 Å². The van der Waals surface area contributed by atoms with Crippen LogP contribution >= 0.6 is 0 Å². The molecule has 2 N–H and O–H groups in total. The fraction of sp³-hybridized carbons (Fsp3) is 0.529. The van der Waals surface area contributed by atoms with Gasteiger partial charge in [0.05, 0.1) is 5.52 Å². The number of hydrogen-bond donors (Lipinski definition) is 2. The van der Waals surface area contributed by atoms with Gasteiger partial charge in [0.15, 0.2) is 0 Å². The Morgan fingerprint density at radius 2 is 2.36 bits per heavy atom. The van der Waals surface area contributed by atoms with E-state index in [2.05, 4.69) is 29.6 Å². The summed E-state index contributed by atoms with van der Waals surface area (Å²) in [5, 5.41) is 11.9. The van der Waals surface area contributed by atoms with E-state index in [-0.39, 0.29) is 5.91 Å². The van der Waals surface area contributed by atoms with Gasteiger partial charge >= 0.3 is 0 Å². The number of rotatable bonds is 5. The van der Waals surface area contributed by atoms with Crippen LogP contribution in [0, 0.1) is 5.92 Å². The molecule has 0 aliphatic carbocycles. The third-order valence-corrected chi connectivity index (χ3v) is 4.28. The van der Waals surface area contributed by atoms with Crippen LogP contribution in [0.5, 0.6) is 0 Å². The lowest BCUT2D eigenvalue weighted by molar-refractivity contribution is -0.116. The Balaban J connectivity index is 1.61. The van der Waals surface area contributed by atoms with Crippen LogP contribution in [0.4, 0.5) is 5.69 Å². The molecule has 5 heteroatoms. The zero-order valence-electron chi connectivity index (χ0n) is 13.3. The number of hydrogen-bond acceptors (Lipinski definition) is 3. The molecular formula is C17H24N4O. The summed E-state index contributed by atoms with van der Waals surface area (Å²) in [4.78, 5) is 12.1. The number of fused-ring (bicyclic) bond motifs is 1. The summed E-state index contributed by atoms with van der Waals surface area (Å²) in [6.07, 6.45) is 4.77. The number of nitrogens with zero attached hydrogens (tertiary/aromatic N) is 2. The summed E-state index contributed by atoms with van der Waals surface area (Å²) in [6, 6.07) is 6.22. The number of nitrogens with one attached hydrogen (secondary N) is 2. The fourth-order valence-corrected chi connectivity index (χ4v) is 2.91. The second-order valence-corrected chi connectivity index (χ2v) is 6.42. The topological polar surface area (TPSA) is 59.0 Å². The standard InChI is InChI=1S/C17H24N4O/c1-12(2)21-11-14-9-15(4-5-16(14)20-21)19-17(22)6-3-13-7-8-18-10-13/h4-5,9,11-13,18H,3,6-8,10H2,1-2H3,(H,19,22). The molecule has 1 saturated heterocycles. The van der Waals surface area contributed by atoms with Crippen LogP contribution in [0.2, 0.25) is 0 Å². The van der Waals surface area contributed by atoms with Gasteiger partial charge in [0.2, 0.25) is 5.91 Å². The molecule has 3 rings (SSSR count). The minimum Gasteiger partial charge on any atom is -0.326 e. The molecule has 5 nitrogen and oxygen atoms in total. The van der Waals surface area contributed by atoms with Gasteiger partial charge in [-0.2, -0.15) is 5.10 Å². The molecule has 0 spiro atoms. The summed E-state index contributed by atoms with van der Waals surface area (Å²) in [6.45, 7) is 6.34. The van der Waals surface area contributed by atoms with Crippen LogP contribution in [-0.4, -0.2) is 28.8 Å². The van der Waals surface area contributed by atoms with Crippen LogP contribution in [0.3, 0.4) is 0 Å². The second kappa shape index (κ2) is 6.48. The Hall–Kier alpha value is -1.88. The maximum Gasteiger partial charge on any atom is 0.224 e. The zero-order chi connectivity index (χ0) is 15.5. The first-order valence-corrected chi connectivity index (χ1v) is 8.11. The lowest BCUT2D eigenvalue weighted by atomic mass is 10.0. The van der Waals surface area contributed by atoms with Crippen molar-refractivity contribution in [2.45, 2.75) is 39.2 Å². The Kier molecular flexibility index (Phi) is 4.43. The van der Waals surface area contributed by atoms with Crippen molar-refractivity contribution in [3.05, 3.63) is 24.4 Å². The first kappa shape index (κ1) is 15.0. The molecule has 0 saturated carbocycles. The minimum absolute atomic E-state index is 0.0995. The molecule has 2 aromatic rings. The molecular weight excluding hydrogens is 276 g/mol. The summed E-state index contributed by atoms with van der Waals surface area (Å²) in [5.74, 6) is 0.750. The third-order valence-electron chi connectivity index (χ3n) is 4.28. The normalized spacial score (nSPS) is 18.2. The largest absolute Gasteiger partial charge is 0.326 e. The first-order valence-electron chi connectivity index (χ1n) is 8.11. The molecule has 1 fully saturated rings. The van der Waals surface area contributed by atoms with Crippen molar-refractivity contribution in [3.63, 3.8) is 0 Å². The fourth-order valence-electron chi connectivity index (χ4n) is 2.91. The lowest BCUT2D eigenvalue weighted by Crippen LogP contribution is -2.14. The van der Waals surface area contributed by atoms with E-state index in [4.69, 9.17) is 0 Å². The van der Waals surface area contributed by atoms with Crippen LogP contribution < -0.4 is 10.6 Å². The van der Waals surface area contributed by atoms with Gasteiger partial charge in [-0.25, -0.2) is 0 Å². The smallest absolute Gasteiger partial charge is 0.224 e. The molecule has 0 radical (unpaired) electrons. The number of carbonyl (C=O) groups is 1. The maximum atomic E-state index is 12.1. The highest BCUT2D eigenvalue weighted by Crippen LogP contribution is 2.20. The molecule has 2 heterocycles. The van der Waals surface area contributed by atoms with Crippen molar-refractivity contribution in [1.29, 1.82) is 0 Å².